The molecule has 0 radical (unpaired) electrons. The number of benzene rings is 1. The second kappa shape index (κ2) is 9.17. The van der Waals surface area contributed by atoms with Crippen LogP contribution in [0.25, 0.3) is 0 Å². The minimum atomic E-state index is -0.503. The fraction of sp³-hybridized carbons (Fsp3) is 0.571. The molecule has 2 aliphatic heterocycles. The SMILES string of the molecule is CCCCC(=O)N1CCC(N2CCN(Cc3ccc(F)cc3)C(=O)C2=O)CC1. The molecule has 3 amide bonds. The molecule has 0 unspecified atom stereocenters. The largest absolute Gasteiger partial charge is 0.343 e. The molecule has 0 bridgehead atoms. The molecular formula is C21H28FN3O3. The van der Waals surface area contributed by atoms with Gasteiger partial charge in [0.2, 0.25) is 5.91 Å². The van der Waals surface area contributed by atoms with Crippen molar-refractivity contribution in [2.45, 2.75) is 51.6 Å². The number of hydrogen-bond donors (Lipinski definition) is 0. The summed E-state index contributed by atoms with van der Waals surface area (Å²) >= 11 is 0. The first kappa shape index (κ1) is 20.3. The molecule has 2 fully saturated rings. The summed E-state index contributed by atoms with van der Waals surface area (Å²) in [5.41, 5.74) is 0.801. The first-order chi connectivity index (χ1) is 13.5. The molecule has 0 saturated carbocycles. The Morgan fingerprint density at radius 2 is 1.71 bits per heavy atom. The molecule has 2 aliphatic rings. The highest BCUT2D eigenvalue weighted by atomic mass is 19.1. The van der Waals surface area contributed by atoms with Crippen molar-refractivity contribution >= 4 is 17.7 Å². The van der Waals surface area contributed by atoms with Crippen LogP contribution in [0.15, 0.2) is 24.3 Å². The number of piperidine rings is 1. The van der Waals surface area contributed by atoms with Gasteiger partial charge in [0.15, 0.2) is 0 Å². The number of rotatable bonds is 6. The van der Waals surface area contributed by atoms with Crippen molar-refractivity contribution in [1.29, 1.82) is 0 Å². The smallest absolute Gasteiger partial charge is 0.312 e. The van der Waals surface area contributed by atoms with E-state index in [1.54, 1.807) is 17.0 Å². The fourth-order valence-corrected chi connectivity index (χ4v) is 3.91. The Bertz CT molecular complexity index is 714. The zero-order chi connectivity index (χ0) is 20.1. The maximum atomic E-state index is 13.0. The van der Waals surface area contributed by atoms with Gasteiger partial charge in [-0.25, -0.2) is 4.39 Å². The van der Waals surface area contributed by atoms with Gasteiger partial charge in [0.1, 0.15) is 5.82 Å². The first-order valence-corrected chi connectivity index (χ1v) is 10.1. The van der Waals surface area contributed by atoms with Gasteiger partial charge in [-0.1, -0.05) is 25.5 Å². The lowest BCUT2D eigenvalue weighted by molar-refractivity contribution is -0.159. The van der Waals surface area contributed by atoms with Crippen molar-refractivity contribution < 1.29 is 18.8 Å². The van der Waals surface area contributed by atoms with Crippen LogP contribution in [0.1, 0.15) is 44.6 Å². The molecule has 0 atom stereocenters. The number of likely N-dealkylation sites (tertiary alicyclic amines) is 1. The lowest BCUT2D eigenvalue weighted by atomic mass is 10.0. The summed E-state index contributed by atoms with van der Waals surface area (Å²) in [5, 5.41) is 0. The molecule has 0 aromatic heterocycles. The maximum Gasteiger partial charge on any atom is 0.312 e. The number of halogens is 1. The average Bonchev–Trinajstić information content (AvgIpc) is 2.71. The maximum absolute atomic E-state index is 13.0. The number of hydrogen-bond acceptors (Lipinski definition) is 3. The Labute approximate surface area is 165 Å². The van der Waals surface area contributed by atoms with Crippen LogP contribution in [0, 0.1) is 5.82 Å². The van der Waals surface area contributed by atoms with Gasteiger partial charge in [0.05, 0.1) is 0 Å². The molecule has 6 nitrogen and oxygen atoms in total. The lowest BCUT2D eigenvalue weighted by Crippen LogP contribution is -2.59. The van der Waals surface area contributed by atoms with Gasteiger partial charge in [-0.05, 0) is 37.0 Å². The van der Waals surface area contributed by atoms with E-state index < -0.39 is 11.8 Å². The van der Waals surface area contributed by atoms with Gasteiger partial charge in [-0.3, -0.25) is 14.4 Å². The minimum Gasteiger partial charge on any atom is -0.343 e. The van der Waals surface area contributed by atoms with E-state index in [2.05, 4.69) is 6.92 Å². The third-order valence-electron chi connectivity index (χ3n) is 5.63. The summed E-state index contributed by atoms with van der Waals surface area (Å²) in [6.45, 7) is 4.63. The van der Waals surface area contributed by atoms with Gasteiger partial charge in [0, 0.05) is 45.2 Å². The first-order valence-electron chi connectivity index (χ1n) is 10.1. The molecule has 7 heteroatoms. The molecule has 0 aliphatic carbocycles. The van der Waals surface area contributed by atoms with E-state index in [-0.39, 0.29) is 17.8 Å². The number of carbonyl (C=O) groups excluding carboxylic acids is 3. The van der Waals surface area contributed by atoms with Gasteiger partial charge in [-0.2, -0.15) is 0 Å². The van der Waals surface area contributed by atoms with Crippen LogP contribution in [0.2, 0.25) is 0 Å². The molecule has 3 rings (SSSR count). The Morgan fingerprint density at radius 1 is 1.04 bits per heavy atom. The second-order valence-electron chi connectivity index (χ2n) is 7.57. The quantitative estimate of drug-likeness (QED) is 0.701. The van der Waals surface area contributed by atoms with Gasteiger partial charge < -0.3 is 14.7 Å². The summed E-state index contributed by atoms with van der Waals surface area (Å²) in [7, 11) is 0. The van der Waals surface area contributed by atoms with E-state index >= 15 is 0 Å². The van der Waals surface area contributed by atoms with Crippen molar-refractivity contribution in [1.82, 2.24) is 14.7 Å². The highest BCUT2D eigenvalue weighted by Crippen LogP contribution is 2.21. The molecular weight excluding hydrogens is 361 g/mol. The molecule has 0 N–H and O–H groups in total. The molecule has 1 aromatic rings. The van der Waals surface area contributed by atoms with Gasteiger partial charge in [-0.15, -0.1) is 0 Å². The minimum absolute atomic E-state index is 0.0136. The summed E-state index contributed by atoms with van der Waals surface area (Å²) in [5.74, 6) is -1.11. The monoisotopic (exact) mass is 389 g/mol. The third-order valence-corrected chi connectivity index (χ3v) is 5.63. The van der Waals surface area contributed by atoms with E-state index in [1.165, 1.54) is 17.0 Å². The Balaban J connectivity index is 1.52. The number of amides is 3. The van der Waals surface area contributed by atoms with Crippen LogP contribution >= 0.6 is 0 Å². The Morgan fingerprint density at radius 3 is 2.36 bits per heavy atom. The van der Waals surface area contributed by atoms with Gasteiger partial charge in [0.25, 0.3) is 0 Å². The molecule has 1 aromatic carbocycles. The topological polar surface area (TPSA) is 60.9 Å². The lowest BCUT2D eigenvalue weighted by Gasteiger charge is -2.42. The standard InChI is InChI=1S/C21H28FN3O3/c1-2-3-4-19(26)23-11-9-18(10-12-23)25-14-13-24(20(27)21(25)28)15-16-5-7-17(22)8-6-16/h5-8,18H,2-4,9-15H2,1H3. The molecule has 2 saturated heterocycles. The normalized spacial score (nSPS) is 18.7. The van der Waals surface area contributed by atoms with E-state index in [4.69, 9.17) is 0 Å². The van der Waals surface area contributed by atoms with Crippen LogP contribution in [0.3, 0.4) is 0 Å². The van der Waals surface area contributed by atoms with Crippen molar-refractivity contribution in [3.05, 3.63) is 35.6 Å². The Kier molecular flexibility index (Phi) is 6.65. The summed E-state index contributed by atoms with van der Waals surface area (Å²) in [6, 6.07) is 5.98. The Hall–Kier alpha value is -2.44. The zero-order valence-electron chi connectivity index (χ0n) is 16.4. The number of carbonyl (C=O) groups is 3. The second-order valence-corrected chi connectivity index (χ2v) is 7.57. The molecule has 2 heterocycles. The predicted octanol–water partition coefficient (Wildman–Crippen LogP) is 2.18. The summed E-state index contributed by atoms with van der Waals surface area (Å²) in [6.07, 6.45) is 3.92. The highest BCUT2D eigenvalue weighted by Gasteiger charge is 2.37. The van der Waals surface area contributed by atoms with E-state index in [9.17, 15) is 18.8 Å². The fourth-order valence-electron chi connectivity index (χ4n) is 3.91. The van der Waals surface area contributed by atoms with E-state index in [1.807, 2.05) is 4.90 Å². The van der Waals surface area contributed by atoms with E-state index in [0.29, 0.717) is 39.1 Å². The highest BCUT2D eigenvalue weighted by molar-refractivity contribution is 6.35. The van der Waals surface area contributed by atoms with Crippen LogP contribution in [-0.2, 0) is 20.9 Å². The van der Waals surface area contributed by atoms with Crippen molar-refractivity contribution in [2.75, 3.05) is 26.2 Å². The van der Waals surface area contributed by atoms with Crippen LogP contribution in [-0.4, -0.2) is 64.6 Å². The van der Waals surface area contributed by atoms with Crippen LogP contribution in [0.5, 0.6) is 0 Å². The summed E-state index contributed by atoms with van der Waals surface area (Å²) < 4.78 is 13.0. The molecule has 28 heavy (non-hydrogen) atoms. The van der Waals surface area contributed by atoms with Crippen LogP contribution in [0.4, 0.5) is 4.39 Å². The number of piperazine rings is 1. The third kappa shape index (κ3) is 4.69. The predicted molar refractivity (Wildman–Crippen MR) is 103 cm³/mol. The van der Waals surface area contributed by atoms with Crippen molar-refractivity contribution in [3.8, 4) is 0 Å². The van der Waals surface area contributed by atoms with Crippen molar-refractivity contribution in [3.63, 3.8) is 0 Å². The van der Waals surface area contributed by atoms with Crippen LogP contribution < -0.4 is 0 Å². The zero-order valence-corrected chi connectivity index (χ0v) is 16.4. The summed E-state index contributed by atoms with van der Waals surface area (Å²) in [4.78, 5) is 42.4. The van der Waals surface area contributed by atoms with Gasteiger partial charge >= 0.3 is 11.8 Å². The molecule has 0 spiro atoms. The van der Waals surface area contributed by atoms with Crippen molar-refractivity contribution in [2.24, 2.45) is 0 Å². The number of nitrogens with zero attached hydrogens (tertiary/aromatic N) is 3. The van der Waals surface area contributed by atoms with E-state index in [0.717, 1.165) is 31.2 Å². The average molecular weight is 389 g/mol. The number of unbranched alkanes of at least 4 members (excludes halogenated alkanes) is 1. The molecule has 152 valence electrons.